The number of benzene rings is 1. The summed E-state index contributed by atoms with van der Waals surface area (Å²) in [5, 5.41) is 5.09. The standard InChI is InChI=1S/C19H22N4O3S/c1-25-12-10-22-9-8-16(21-22)18(24)23(13-14-5-4-11-26-14)19-20-15-6-2-3-7-17(15)27-19/h2-3,6-9,14H,4-5,10-13H2,1H3. The Morgan fingerprint density at radius 1 is 1.41 bits per heavy atom. The summed E-state index contributed by atoms with van der Waals surface area (Å²) in [6, 6.07) is 9.66. The fourth-order valence-corrected chi connectivity index (χ4v) is 4.11. The number of aromatic nitrogens is 3. The molecule has 1 aromatic carbocycles. The van der Waals surface area contributed by atoms with Gasteiger partial charge in [-0.15, -0.1) is 0 Å². The van der Waals surface area contributed by atoms with E-state index in [4.69, 9.17) is 9.47 Å². The summed E-state index contributed by atoms with van der Waals surface area (Å²) in [5.74, 6) is -0.152. The third kappa shape index (κ3) is 4.02. The Kier molecular flexibility index (Phi) is 5.47. The Hall–Kier alpha value is -2.29. The van der Waals surface area contributed by atoms with Gasteiger partial charge in [0.2, 0.25) is 0 Å². The van der Waals surface area contributed by atoms with Gasteiger partial charge in [-0.25, -0.2) is 4.98 Å². The topological polar surface area (TPSA) is 69.5 Å². The smallest absolute Gasteiger partial charge is 0.280 e. The average Bonchev–Trinajstić information content (AvgIpc) is 3.44. The Morgan fingerprint density at radius 2 is 2.30 bits per heavy atom. The fourth-order valence-electron chi connectivity index (χ4n) is 3.14. The van der Waals surface area contributed by atoms with Crippen molar-refractivity contribution in [3.63, 3.8) is 0 Å². The molecule has 0 saturated carbocycles. The molecule has 7 nitrogen and oxygen atoms in total. The Labute approximate surface area is 161 Å². The molecule has 1 fully saturated rings. The molecule has 1 aliphatic heterocycles. The summed E-state index contributed by atoms with van der Waals surface area (Å²) in [6.07, 6.45) is 3.82. The van der Waals surface area contributed by atoms with Crippen LogP contribution in [0.4, 0.5) is 5.13 Å². The van der Waals surface area contributed by atoms with Crippen LogP contribution in [0.25, 0.3) is 10.2 Å². The number of carbonyl (C=O) groups is 1. The van der Waals surface area contributed by atoms with Gasteiger partial charge in [-0.2, -0.15) is 5.10 Å². The van der Waals surface area contributed by atoms with E-state index in [2.05, 4.69) is 10.1 Å². The molecule has 1 amide bonds. The first-order chi connectivity index (χ1) is 13.2. The maximum Gasteiger partial charge on any atom is 0.280 e. The number of amides is 1. The second-order valence-corrected chi connectivity index (χ2v) is 7.48. The first-order valence-electron chi connectivity index (χ1n) is 9.06. The van der Waals surface area contributed by atoms with Crippen molar-refractivity contribution >= 4 is 32.6 Å². The molecule has 1 atom stereocenters. The normalized spacial score (nSPS) is 16.9. The van der Waals surface area contributed by atoms with Crippen LogP contribution < -0.4 is 4.90 Å². The SMILES string of the molecule is COCCn1ccc(C(=O)N(CC2CCCO2)c2nc3ccccc3s2)n1. The third-order valence-electron chi connectivity index (χ3n) is 4.55. The van der Waals surface area contributed by atoms with Crippen molar-refractivity contribution in [1.82, 2.24) is 14.8 Å². The highest BCUT2D eigenvalue weighted by atomic mass is 32.1. The van der Waals surface area contributed by atoms with E-state index in [1.165, 1.54) is 11.3 Å². The lowest BCUT2D eigenvalue weighted by Crippen LogP contribution is -2.37. The van der Waals surface area contributed by atoms with E-state index in [1.807, 2.05) is 24.3 Å². The number of hydrogen-bond donors (Lipinski definition) is 0. The number of thiazole rings is 1. The summed E-state index contributed by atoms with van der Waals surface area (Å²) in [5.41, 5.74) is 1.30. The maximum absolute atomic E-state index is 13.2. The largest absolute Gasteiger partial charge is 0.383 e. The lowest BCUT2D eigenvalue weighted by Gasteiger charge is -2.22. The van der Waals surface area contributed by atoms with Gasteiger partial charge < -0.3 is 9.47 Å². The zero-order chi connectivity index (χ0) is 18.6. The lowest BCUT2D eigenvalue weighted by molar-refractivity contribution is 0.0912. The van der Waals surface area contributed by atoms with Crippen molar-refractivity contribution in [2.45, 2.75) is 25.5 Å². The summed E-state index contributed by atoms with van der Waals surface area (Å²) >= 11 is 1.52. The summed E-state index contributed by atoms with van der Waals surface area (Å²) in [4.78, 5) is 19.6. The number of anilines is 1. The summed E-state index contributed by atoms with van der Waals surface area (Å²) in [6.45, 7) is 2.39. The average molecular weight is 386 g/mol. The van der Waals surface area contributed by atoms with E-state index >= 15 is 0 Å². The first kappa shape index (κ1) is 18.1. The number of nitrogens with zero attached hydrogens (tertiary/aromatic N) is 4. The molecule has 27 heavy (non-hydrogen) atoms. The molecule has 1 unspecified atom stereocenters. The van der Waals surface area contributed by atoms with Crippen molar-refractivity contribution in [3.8, 4) is 0 Å². The van der Waals surface area contributed by atoms with E-state index in [1.54, 1.807) is 29.0 Å². The zero-order valence-electron chi connectivity index (χ0n) is 15.2. The van der Waals surface area contributed by atoms with Gasteiger partial charge in [-0.1, -0.05) is 23.5 Å². The molecular weight excluding hydrogens is 364 g/mol. The molecule has 0 spiro atoms. The molecular formula is C19H22N4O3S. The number of carbonyl (C=O) groups excluding carboxylic acids is 1. The molecule has 0 aliphatic carbocycles. The van der Waals surface area contributed by atoms with E-state index in [-0.39, 0.29) is 12.0 Å². The van der Waals surface area contributed by atoms with Gasteiger partial charge >= 0.3 is 0 Å². The fraction of sp³-hybridized carbons (Fsp3) is 0.421. The second-order valence-electron chi connectivity index (χ2n) is 6.47. The Morgan fingerprint density at radius 3 is 3.07 bits per heavy atom. The molecule has 1 aliphatic rings. The maximum atomic E-state index is 13.2. The molecule has 3 aromatic rings. The molecule has 4 rings (SSSR count). The lowest BCUT2D eigenvalue weighted by atomic mass is 10.2. The highest BCUT2D eigenvalue weighted by Gasteiger charge is 2.28. The van der Waals surface area contributed by atoms with Crippen molar-refractivity contribution in [3.05, 3.63) is 42.2 Å². The van der Waals surface area contributed by atoms with Crippen LogP contribution in [0.3, 0.4) is 0 Å². The summed E-state index contributed by atoms with van der Waals surface area (Å²) in [7, 11) is 1.64. The molecule has 3 heterocycles. The van der Waals surface area contributed by atoms with Gasteiger partial charge in [0.1, 0.15) is 0 Å². The van der Waals surface area contributed by atoms with Crippen LogP contribution >= 0.6 is 11.3 Å². The van der Waals surface area contributed by atoms with E-state index in [0.29, 0.717) is 30.5 Å². The van der Waals surface area contributed by atoms with Gasteiger partial charge in [0.15, 0.2) is 10.8 Å². The van der Waals surface area contributed by atoms with Gasteiger partial charge in [0.05, 0.1) is 36.0 Å². The van der Waals surface area contributed by atoms with Crippen molar-refractivity contribution < 1.29 is 14.3 Å². The van der Waals surface area contributed by atoms with E-state index in [0.717, 1.165) is 29.7 Å². The van der Waals surface area contributed by atoms with Gasteiger partial charge in [0.25, 0.3) is 5.91 Å². The van der Waals surface area contributed by atoms with E-state index in [9.17, 15) is 4.79 Å². The van der Waals surface area contributed by atoms with E-state index < -0.39 is 0 Å². The van der Waals surface area contributed by atoms with Crippen LogP contribution in [-0.4, -0.2) is 53.6 Å². The predicted octanol–water partition coefficient (Wildman–Crippen LogP) is 2.97. The number of ether oxygens (including phenoxy) is 2. The minimum atomic E-state index is -0.152. The van der Waals surface area contributed by atoms with Gasteiger partial charge in [0, 0.05) is 19.9 Å². The number of para-hydroxylation sites is 1. The van der Waals surface area contributed by atoms with Crippen LogP contribution in [0, 0.1) is 0 Å². The van der Waals surface area contributed by atoms with Crippen molar-refractivity contribution in [1.29, 1.82) is 0 Å². The minimum absolute atomic E-state index is 0.0385. The first-order valence-corrected chi connectivity index (χ1v) is 9.87. The molecule has 142 valence electrons. The molecule has 0 radical (unpaired) electrons. The quantitative estimate of drug-likeness (QED) is 0.624. The second kappa shape index (κ2) is 8.16. The minimum Gasteiger partial charge on any atom is -0.383 e. The van der Waals surface area contributed by atoms with Crippen molar-refractivity contribution in [2.24, 2.45) is 0 Å². The third-order valence-corrected chi connectivity index (χ3v) is 5.61. The Balaban J connectivity index is 1.62. The van der Waals surface area contributed by atoms with Crippen LogP contribution in [0.5, 0.6) is 0 Å². The molecule has 2 aromatic heterocycles. The van der Waals surface area contributed by atoms with Crippen LogP contribution in [0.2, 0.25) is 0 Å². The van der Waals surface area contributed by atoms with Crippen molar-refractivity contribution in [2.75, 3.05) is 31.8 Å². The highest BCUT2D eigenvalue weighted by molar-refractivity contribution is 7.22. The number of rotatable bonds is 7. The summed E-state index contributed by atoms with van der Waals surface area (Å²) < 4.78 is 13.6. The zero-order valence-corrected chi connectivity index (χ0v) is 16.0. The van der Waals surface area contributed by atoms with Crippen LogP contribution in [0.15, 0.2) is 36.5 Å². The number of fused-ring (bicyclic) bond motifs is 1. The van der Waals surface area contributed by atoms with Crippen LogP contribution in [-0.2, 0) is 16.0 Å². The van der Waals surface area contributed by atoms with Gasteiger partial charge in [-0.05, 0) is 31.0 Å². The van der Waals surface area contributed by atoms with Crippen LogP contribution in [0.1, 0.15) is 23.3 Å². The predicted molar refractivity (Wildman–Crippen MR) is 104 cm³/mol. The monoisotopic (exact) mass is 386 g/mol. The molecule has 0 bridgehead atoms. The number of hydrogen-bond acceptors (Lipinski definition) is 6. The van der Waals surface area contributed by atoms with Gasteiger partial charge in [-0.3, -0.25) is 14.4 Å². The molecule has 1 saturated heterocycles. The Bertz CT molecular complexity index is 883. The molecule has 0 N–H and O–H groups in total. The number of methoxy groups -OCH3 is 1. The highest BCUT2D eigenvalue weighted by Crippen LogP contribution is 2.30. The molecule has 8 heteroatoms.